The van der Waals surface area contributed by atoms with E-state index in [9.17, 15) is 4.79 Å². The molecule has 0 spiro atoms. The maximum Gasteiger partial charge on any atom is 0.253 e. The lowest BCUT2D eigenvalue weighted by molar-refractivity contribution is 0.0942. The SMILES string of the molecule is Cc1ccccc1[C@H](NC(=O)c1ccccc1Br)c1ccccc1. The molecule has 0 heterocycles. The second-order valence-electron chi connectivity index (χ2n) is 5.65. The summed E-state index contributed by atoms with van der Waals surface area (Å²) in [4.78, 5) is 12.8. The minimum atomic E-state index is -0.188. The Morgan fingerprint density at radius 3 is 2.21 bits per heavy atom. The number of hydrogen-bond donors (Lipinski definition) is 1. The van der Waals surface area contributed by atoms with Gasteiger partial charge in [-0.1, -0.05) is 66.7 Å². The van der Waals surface area contributed by atoms with Gasteiger partial charge in [-0.2, -0.15) is 0 Å². The van der Waals surface area contributed by atoms with Crippen LogP contribution in [0.25, 0.3) is 0 Å². The number of rotatable bonds is 4. The maximum atomic E-state index is 12.8. The van der Waals surface area contributed by atoms with Crippen molar-refractivity contribution in [2.24, 2.45) is 0 Å². The predicted molar refractivity (Wildman–Crippen MR) is 101 cm³/mol. The first kappa shape index (κ1) is 16.5. The molecule has 3 heteroatoms. The number of carbonyl (C=O) groups excluding carboxylic acids is 1. The predicted octanol–water partition coefficient (Wildman–Crippen LogP) is 5.28. The van der Waals surface area contributed by atoms with Gasteiger partial charge in [0.2, 0.25) is 0 Å². The summed E-state index contributed by atoms with van der Waals surface area (Å²) in [6.45, 7) is 2.07. The van der Waals surface area contributed by atoms with Gasteiger partial charge in [0.05, 0.1) is 11.6 Å². The van der Waals surface area contributed by atoms with Crippen molar-refractivity contribution in [3.63, 3.8) is 0 Å². The lowest BCUT2D eigenvalue weighted by Crippen LogP contribution is -2.30. The highest BCUT2D eigenvalue weighted by molar-refractivity contribution is 9.10. The van der Waals surface area contributed by atoms with Crippen molar-refractivity contribution in [3.05, 3.63) is 106 Å². The second-order valence-corrected chi connectivity index (χ2v) is 6.51. The van der Waals surface area contributed by atoms with Crippen LogP contribution in [0.2, 0.25) is 0 Å². The summed E-state index contributed by atoms with van der Waals surface area (Å²) in [7, 11) is 0. The van der Waals surface area contributed by atoms with E-state index in [-0.39, 0.29) is 11.9 Å². The molecular formula is C21H18BrNO. The van der Waals surface area contributed by atoms with Gasteiger partial charge in [0.25, 0.3) is 5.91 Å². The third kappa shape index (κ3) is 3.57. The molecule has 1 N–H and O–H groups in total. The van der Waals surface area contributed by atoms with Crippen molar-refractivity contribution in [3.8, 4) is 0 Å². The fourth-order valence-electron chi connectivity index (χ4n) is 2.75. The van der Waals surface area contributed by atoms with E-state index < -0.39 is 0 Å². The lowest BCUT2D eigenvalue weighted by Gasteiger charge is -2.22. The average Bonchev–Trinajstić information content (AvgIpc) is 2.61. The van der Waals surface area contributed by atoms with E-state index >= 15 is 0 Å². The highest BCUT2D eigenvalue weighted by atomic mass is 79.9. The van der Waals surface area contributed by atoms with Crippen LogP contribution >= 0.6 is 15.9 Å². The van der Waals surface area contributed by atoms with Crippen molar-refractivity contribution in [1.29, 1.82) is 0 Å². The fourth-order valence-corrected chi connectivity index (χ4v) is 3.22. The minimum absolute atomic E-state index is 0.0976. The lowest BCUT2D eigenvalue weighted by atomic mass is 9.94. The molecule has 0 radical (unpaired) electrons. The number of benzene rings is 3. The minimum Gasteiger partial charge on any atom is -0.341 e. The van der Waals surface area contributed by atoms with Gasteiger partial charge in [-0.25, -0.2) is 0 Å². The summed E-state index contributed by atoms with van der Waals surface area (Å²) < 4.78 is 0.791. The Labute approximate surface area is 150 Å². The van der Waals surface area contributed by atoms with E-state index in [2.05, 4.69) is 40.3 Å². The Kier molecular flexibility index (Phi) is 5.11. The zero-order chi connectivity index (χ0) is 16.9. The average molecular weight is 380 g/mol. The molecule has 0 aromatic heterocycles. The molecule has 0 aliphatic rings. The van der Waals surface area contributed by atoms with E-state index in [1.165, 1.54) is 0 Å². The van der Waals surface area contributed by atoms with Crippen molar-refractivity contribution >= 4 is 21.8 Å². The van der Waals surface area contributed by atoms with Crippen molar-refractivity contribution in [2.75, 3.05) is 0 Å². The standard InChI is InChI=1S/C21H18BrNO/c1-15-9-5-6-12-17(15)20(16-10-3-2-4-11-16)23-21(24)18-13-7-8-14-19(18)22/h2-14,20H,1H3,(H,23,24)/t20-/m1/s1. The van der Waals surface area contributed by atoms with Gasteiger partial charge in [0.1, 0.15) is 0 Å². The molecule has 1 atom stereocenters. The van der Waals surface area contributed by atoms with Crippen LogP contribution in [0.4, 0.5) is 0 Å². The van der Waals surface area contributed by atoms with E-state index in [1.807, 2.05) is 66.7 Å². The molecule has 0 aliphatic heterocycles. The topological polar surface area (TPSA) is 29.1 Å². The molecule has 0 bridgehead atoms. The monoisotopic (exact) mass is 379 g/mol. The highest BCUT2D eigenvalue weighted by Crippen LogP contribution is 2.26. The number of nitrogens with one attached hydrogen (secondary N) is 1. The Balaban J connectivity index is 1.99. The van der Waals surface area contributed by atoms with Crippen molar-refractivity contribution in [2.45, 2.75) is 13.0 Å². The van der Waals surface area contributed by atoms with E-state index in [4.69, 9.17) is 0 Å². The normalized spacial score (nSPS) is 11.8. The van der Waals surface area contributed by atoms with Crippen LogP contribution in [-0.2, 0) is 0 Å². The number of hydrogen-bond acceptors (Lipinski definition) is 1. The molecular weight excluding hydrogens is 362 g/mol. The quantitative estimate of drug-likeness (QED) is 0.656. The third-order valence-electron chi connectivity index (χ3n) is 4.03. The summed E-state index contributed by atoms with van der Waals surface area (Å²) in [6, 6.07) is 25.5. The molecule has 3 rings (SSSR count). The van der Waals surface area contributed by atoms with Gasteiger partial charge in [-0.15, -0.1) is 0 Å². The first-order valence-corrected chi connectivity index (χ1v) is 8.62. The van der Waals surface area contributed by atoms with Gasteiger partial charge in [-0.3, -0.25) is 4.79 Å². The molecule has 120 valence electrons. The summed E-state index contributed by atoms with van der Waals surface area (Å²) in [5.74, 6) is -0.0976. The summed E-state index contributed by atoms with van der Waals surface area (Å²) in [5, 5.41) is 3.18. The van der Waals surface area contributed by atoms with Crippen LogP contribution < -0.4 is 5.32 Å². The third-order valence-corrected chi connectivity index (χ3v) is 4.72. The summed E-state index contributed by atoms with van der Waals surface area (Å²) >= 11 is 3.45. The van der Waals surface area contributed by atoms with E-state index in [0.717, 1.165) is 21.2 Å². The second kappa shape index (κ2) is 7.45. The highest BCUT2D eigenvalue weighted by Gasteiger charge is 2.20. The van der Waals surface area contributed by atoms with Gasteiger partial charge >= 0.3 is 0 Å². The molecule has 0 saturated heterocycles. The van der Waals surface area contributed by atoms with Gasteiger partial charge in [0.15, 0.2) is 0 Å². The number of halogens is 1. The van der Waals surface area contributed by atoms with Crippen LogP contribution in [0, 0.1) is 6.92 Å². The van der Waals surface area contributed by atoms with E-state index in [1.54, 1.807) is 0 Å². The smallest absolute Gasteiger partial charge is 0.253 e. The molecule has 1 amide bonds. The van der Waals surface area contributed by atoms with Gasteiger partial charge in [0, 0.05) is 4.47 Å². The van der Waals surface area contributed by atoms with Gasteiger partial charge < -0.3 is 5.32 Å². The fraction of sp³-hybridized carbons (Fsp3) is 0.0952. The Morgan fingerprint density at radius 2 is 1.50 bits per heavy atom. The van der Waals surface area contributed by atoms with E-state index in [0.29, 0.717) is 5.56 Å². The van der Waals surface area contributed by atoms with Crippen LogP contribution in [-0.4, -0.2) is 5.91 Å². The molecule has 0 aliphatic carbocycles. The number of amides is 1. The number of carbonyl (C=O) groups is 1. The molecule has 0 fully saturated rings. The summed E-state index contributed by atoms with van der Waals surface area (Å²) in [6.07, 6.45) is 0. The first-order chi connectivity index (χ1) is 11.7. The van der Waals surface area contributed by atoms with Crippen LogP contribution in [0.1, 0.15) is 33.1 Å². The van der Waals surface area contributed by atoms with Crippen molar-refractivity contribution in [1.82, 2.24) is 5.32 Å². The largest absolute Gasteiger partial charge is 0.341 e. The van der Waals surface area contributed by atoms with Crippen LogP contribution in [0.3, 0.4) is 0 Å². The van der Waals surface area contributed by atoms with Crippen LogP contribution in [0.15, 0.2) is 83.3 Å². The molecule has 24 heavy (non-hydrogen) atoms. The zero-order valence-electron chi connectivity index (χ0n) is 13.4. The molecule has 0 unspecified atom stereocenters. The first-order valence-electron chi connectivity index (χ1n) is 7.82. The number of aryl methyl sites for hydroxylation is 1. The zero-order valence-corrected chi connectivity index (χ0v) is 15.0. The Hall–Kier alpha value is -2.39. The Bertz CT molecular complexity index is 845. The maximum absolute atomic E-state index is 12.8. The molecule has 3 aromatic carbocycles. The van der Waals surface area contributed by atoms with Gasteiger partial charge in [-0.05, 0) is 51.7 Å². The molecule has 0 saturated carbocycles. The van der Waals surface area contributed by atoms with Crippen LogP contribution in [0.5, 0.6) is 0 Å². The van der Waals surface area contributed by atoms with Crippen molar-refractivity contribution < 1.29 is 4.79 Å². The Morgan fingerprint density at radius 1 is 0.875 bits per heavy atom. The summed E-state index contributed by atoms with van der Waals surface area (Å²) in [5.41, 5.74) is 3.95. The molecule has 2 nitrogen and oxygen atoms in total. The molecule has 3 aromatic rings.